The lowest BCUT2D eigenvalue weighted by Gasteiger charge is -2.05. The molecule has 0 spiro atoms. The van der Waals surface area contributed by atoms with E-state index in [2.05, 4.69) is 4.98 Å². The molecule has 0 unspecified atom stereocenters. The van der Waals surface area contributed by atoms with Gasteiger partial charge in [-0.3, -0.25) is 0 Å². The topological polar surface area (TPSA) is 48.1 Å². The van der Waals surface area contributed by atoms with Crippen molar-refractivity contribution in [2.24, 2.45) is 0 Å². The van der Waals surface area contributed by atoms with Crippen LogP contribution in [-0.2, 0) is 0 Å². The van der Waals surface area contributed by atoms with E-state index in [9.17, 15) is 0 Å². The van der Waals surface area contributed by atoms with Crippen LogP contribution in [0.1, 0.15) is 0 Å². The second-order valence-electron chi connectivity index (χ2n) is 2.83. The highest BCUT2D eigenvalue weighted by atomic mass is 32.1. The molecule has 0 atom stereocenters. The number of ether oxygens (including phenoxy) is 1. The van der Waals surface area contributed by atoms with E-state index < -0.39 is 0 Å². The van der Waals surface area contributed by atoms with Crippen molar-refractivity contribution in [3.05, 3.63) is 29.1 Å². The molecule has 0 amide bonds. The highest BCUT2D eigenvalue weighted by Crippen LogP contribution is 2.27. The second kappa shape index (κ2) is 3.67. The Labute approximate surface area is 86.2 Å². The zero-order valence-corrected chi connectivity index (χ0v) is 8.54. The number of rotatable bonds is 2. The van der Waals surface area contributed by atoms with Crippen molar-refractivity contribution in [1.29, 1.82) is 0 Å². The molecule has 1 aromatic heterocycles. The number of thiazole rings is 1. The van der Waals surface area contributed by atoms with Gasteiger partial charge in [0, 0.05) is 10.9 Å². The fourth-order valence-corrected chi connectivity index (χ4v) is 1.81. The van der Waals surface area contributed by atoms with Crippen LogP contribution in [0.25, 0.3) is 11.3 Å². The maximum atomic E-state index is 5.79. The predicted octanol–water partition coefficient (Wildman–Crippen LogP) is 2.40. The quantitative estimate of drug-likeness (QED) is 0.767. The first kappa shape index (κ1) is 9.02. The molecule has 0 fully saturated rings. The Balaban J connectivity index is 2.43. The molecule has 2 aromatic rings. The number of hydrogen-bond acceptors (Lipinski definition) is 4. The average Bonchev–Trinajstić information content (AvgIpc) is 2.70. The fourth-order valence-electron chi connectivity index (χ4n) is 1.25. The number of anilines is 1. The predicted molar refractivity (Wildman–Crippen MR) is 58.5 cm³/mol. The second-order valence-corrected chi connectivity index (χ2v) is 3.55. The first-order chi connectivity index (χ1) is 6.81. The minimum Gasteiger partial charge on any atom is -0.495 e. The summed E-state index contributed by atoms with van der Waals surface area (Å²) in [5.74, 6) is 0.698. The summed E-state index contributed by atoms with van der Waals surface area (Å²) in [5, 5.41) is 1.99. The van der Waals surface area contributed by atoms with Crippen molar-refractivity contribution in [3.8, 4) is 17.0 Å². The summed E-state index contributed by atoms with van der Waals surface area (Å²) in [6.45, 7) is 0. The fraction of sp³-hybridized carbons (Fsp3) is 0.100. The summed E-state index contributed by atoms with van der Waals surface area (Å²) in [5.41, 5.74) is 10.2. The van der Waals surface area contributed by atoms with E-state index in [0.717, 1.165) is 11.3 Å². The minimum atomic E-state index is 0.637. The summed E-state index contributed by atoms with van der Waals surface area (Å²) < 4.78 is 5.07. The molecule has 4 heteroatoms. The number of nitrogens with zero attached hydrogens (tertiary/aromatic N) is 1. The molecule has 2 N–H and O–H groups in total. The van der Waals surface area contributed by atoms with Crippen molar-refractivity contribution in [1.82, 2.24) is 4.98 Å². The largest absolute Gasteiger partial charge is 0.495 e. The van der Waals surface area contributed by atoms with Crippen molar-refractivity contribution in [3.63, 3.8) is 0 Å². The first-order valence-electron chi connectivity index (χ1n) is 4.13. The molecule has 1 aromatic carbocycles. The highest BCUT2D eigenvalue weighted by molar-refractivity contribution is 7.07. The third kappa shape index (κ3) is 1.56. The van der Waals surface area contributed by atoms with Gasteiger partial charge in [-0.05, 0) is 18.2 Å². The molecule has 0 aliphatic heterocycles. The van der Waals surface area contributed by atoms with Crippen LogP contribution in [0.3, 0.4) is 0 Å². The molecule has 72 valence electrons. The Morgan fingerprint density at radius 3 is 2.86 bits per heavy atom. The summed E-state index contributed by atoms with van der Waals surface area (Å²) in [6, 6.07) is 5.67. The number of nitrogens with two attached hydrogens (primary N) is 1. The standard InChI is InChI=1S/C10H10N2OS/c1-13-10-3-2-7(4-8(10)11)9-5-14-6-12-9/h2-6H,11H2,1H3. The lowest BCUT2D eigenvalue weighted by molar-refractivity contribution is 0.417. The maximum absolute atomic E-state index is 5.79. The molecule has 0 aliphatic carbocycles. The first-order valence-corrected chi connectivity index (χ1v) is 5.07. The smallest absolute Gasteiger partial charge is 0.141 e. The van der Waals surface area contributed by atoms with Crippen LogP contribution < -0.4 is 10.5 Å². The van der Waals surface area contributed by atoms with Gasteiger partial charge >= 0.3 is 0 Å². The Hall–Kier alpha value is -1.55. The number of aromatic nitrogens is 1. The number of nitrogen functional groups attached to an aromatic ring is 1. The van der Waals surface area contributed by atoms with E-state index in [-0.39, 0.29) is 0 Å². The van der Waals surface area contributed by atoms with Crippen LogP contribution in [0.5, 0.6) is 5.75 Å². The number of hydrogen-bond donors (Lipinski definition) is 1. The van der Waals surface area contributed by atoms with Gasteiger partial charge in [0.25, 0.3) is 0 Å². The Morgan fingerprint density at radius 1 is 1.43 bits per heavy atom. The SMILES string of the molecule is COc1ccc(-c2cscn2)cc1N. The van der Waals surface area contributed by atoms with Crippen molar-refractivity contribution in [2.45, 2.75) is 0 Å². The highest BCUT2D eigenvalue weighted by Gasteiger charge is 2.03. The van der Waals surface area contributed by atoms with Gasteiger partial charge in [-0.15, -0.1) is 11.3 Å². The van der Waals surface area contributed by atoms with Gasteiger partial charge in [0.2, 0.25) is 0 Å². The monoisotopic (exact) mass is 206 g/mol. The van der Waals surface area contributed by atoms with E-state index in [4.69, 9.17) is 10.5 Å². The summed E-state index contributed by atoms with van der Waals surface area (Å²) in [6.07, 6.45) is 0. The Kier molecular flexibility index (Phi) is 2.37. The molecule has 0 saturated heterocycles. The van der Waals surface area contributed by atoms with Crippen LogP contribution in [-0.4, -0.2) is 12.1 Å². The van der Waals surface area contributed by atoms with E-state index >= 15 is 0 Å². The van der Waals surface area contributed by atoms with Gasteiger partial charge in [-0.2, -0.15) is 0 Å². The molecule has 0 aliphatic rings. The third-order valence-corrected chi connectivity index (χ3v) is 2.54. The number of methoxy groups -OCH3 is 1. The van der Waals surface area contributed by atoms with Crippen LogP contribution in [0.2, 0.25) is 0 Å². The lowest BCUT2D eigenvalue weighted by Crippen LogP contribution is -1.92. The van der Waals surface area contributed by atoms with Gasteiger partial charge in [-0.25, -0.2) is 4.98 Å². The van der Waals surface area contributed by atoms with Crippen molar-refractivity contribution >= 4 is 17.0 Å². The van der Waals surface area contributed by atoms with E-state index in [1.54, 1.807) is 24.0 Å². The normalized spacial score (nSPS) is 10.1. The van der Waals surface area contributed by atoms with E-state index in [1.165, 1.54) is 0 Å². The zero-order chi connectivity index (χ0) is 9.97. The summed E-state index contributed by atoms with van der Waals surface area (Å²) in [7, 11) is 1.61. The van der Waals surface area contributed by atoms with Crippen LogP contribution >= 0.6 is 11.3 Å². The van der Waals surface area contributed by atoms with Crippen LogP contribution in [0.4, 0.5) is 5.69 Å². The molecular weight excluding hydrogens is 196 g/mol. The number of benzene rings is 1. The summed E-state index contributed by atoms with van der Waals surface area (Å²) >= 11 is 1.57. The van der Waals surface area contributed by atoms with Gasteiger partial charge in [0.05, 0.1) is 24.0 Å². The molecular formula is C10H10N2OS. The van der Waals surface area contributed by atoms with Crippen LogP contribution in [0.15, 0.2) is 29.1 Å². The summed E-state index contributed by atoms with van der Waals surface area (Å²) in [4.78, 5) is 4.21. The third-order valence-electron chi connectivity index (χ3n) is 1.96. The van der Waals surface area contributed by atoms with Crippen molar-refractivity contribution < 1.29 is 4.74 Å². The van der Waals surface area contributed by atoms with Gasteiger partial charge in [0.15, 0.2) is 0 Å². The molecule has 3 nitrogen and oxygen atoms in total. The zero-order valence-electron chi connectivity index (χ0n) is 7.73. The maximum Gasteiger partial charge on any atom is 0.141 e. The molecule has 0 radical (unpaired) electrons. The molecule has 0 saturated carbocycles. The molecule has 0 bridgehead atoms. The Morgan fingerprint density at radius 2 is 2.29 bits per heavy atom. The molecule has 14 heavy (non-hydrogen) atoms. The Bertz CT molecular complexity index is 426. The van der Waals surface area contributed by atoms with Gasteiger partial charge in [0.1, 0.15) is 5.75 Å². The molecule has 2 rings (SSSR count). The minimum absolute atomic E-state index is 0.637. The van der Waals surface area contributed by atoms with Crippen LogP contribution in [0, 0.1) is 0 Å². The lowest BCUT2D eigenvalue weighted by atomic mass is 10.1. The average molecular weight is 206 g/mol. The van der Waals surface area contributed by atoms with Gasteiger partial charge in [-0.1, -0.05) is 0 Å². The van der Waals surface area contributed by atoms with Crippen molar-refractivity contribution in [2.75, 3.05) is 12.8 Å². The van der Waals surface area contributed by atoms with Gasteiger partial charge < -0.3 is 10.5 Å². The van der Waals surface area contributed by atoms with E-state index in [1.807, 2.05) is 23.6 Å². The van der Waals surface area contributed by atoms with E-state index in [0.29, 0.717) is 11.4 Å². The molecule has 1 heterocycles.